The van der Waals surface area contributed by atoms with Gasteiger partial charge in [0.25, 0.3) is 0 Å². The number of thiazole rings is 1. The second-order valence-electron chi connectivity index (χ2n) is 4.68. The number of carboxylic acid groups (broad SMARTS) is 1. The zero-order valence-electron chi connectivity index (χ0n) is 10.7. The van der Waals surface area contributed by atoms with Crippen molar-refractivity contribution in [3.8, 4) is 0 Å². The Bertz CT molecular complexity index is 535. The number of carboxylic acids is 1. The Labute approximate surface area is 121 Å². The van der Waals surface area contributed by atoms with Gasteiger partial charge in [0.15, 0.2) is 5.41 Å². The number of carbonyl (C=O) groups excluding carboxylic acids is 1. The minimum absolute atomic E-state index is 0.145. The first-order valence-corrected chi connectivity index (χ1v) is 6.84. The molecule has 2 rings (SSSR count). The summed E-state index contributed by atoms with van der Waals surface area (Å²) < 4.78 is 38.9. The van der Waals surface area contributed by atoms with E-state index in [0.29, 0.717) is 0 Å². The number of halogens is 3. The third-order valence-electron chi connectivity index (χ3n) is 3.41. The molecule has 1 atom stereocenters. The summed E-state index contributed by atoms with van der Waals surface area (Å²) >= 11 is 1.30. The van der Waals surface area contributed by atoms with Gasteiger partial charge < -0.3 is 15.3 Å². The van der Waals surface area contributed by atoms with E-state index in [2.05, 4.69) is 10.3 Å². The van der Waals surface area contributed by atoms with Gasteiger partial charge in [0, 0.05) is 24.2 Å². The molecule has 1 saturated heterocycles. The molecule has 1 fully saturated rings. The Hall–Kier alpha value is -1.84. The van der Waals surface area contributed by atoms with Crippen molar-refractivity contribution >= 4 is 23.3 Å². The van der Waals surface area contributed by atoms with Crippen LogP contribution in [0.3, 0.4) is 0 Å². The minimum atomic E-state index is -4.90. The van der Waals surface area contributed by atoms with E-state index in [1.54, 1.807) is 5.51 Å². The van der Waals surface area contributed by atoms with Gasteiger partial charge in [-0.15, -0.1) is 11.3 Å². The van der Waals surface area contributed by atoms with E-state index in [1.165, 1.54) is 17.5 Å². The van der Waals surface area contributed by atoms with E-state index < -0.39 is 36.6 Å². The Balaban J connectivity index is 2.00. The summed E-state index contributed by atoms with van der Waals surface area (Å²) in [6.45, 7) is -0.979. The zero-order chi connectivity index (χ0) is 15.7. The molecule has 0 radical (unpaired) electrons. The predicted octanol–water partition coefficient (Wildman–Crippen LogP) is 1.69. The number of likely N-dealkylation sites (tertiary alicyclic amines) is 1. The molecule has 1 aromatic heterocycles. The van der Waals surface area contributed by atoms with Crippen LogP contribution in [0.1, 0.15) is 11.3 Å². The molecule has 21 heavy (non-hydrogen) atoms. The smallest absolute Gasteiger partial charge is 0.406 e. The first-order chi connectivity index (χ1) is 9.76. The molecule has 1 aliphatic heterocycles. The zero-order valence-corrected chi connectivity index (χ0v) is 11.5. The number of nitrogens with one attached hydrogen (secondary N) is 1. The summed E-state index contributed by atoms with van der Waals surface area (Å²) in [5.74, 6) is -1.95. The number of carbonyl (C=O) groups is 2. The average Bonchev–Trinajstić information content (AvgIpc) is 3.04. The van der Waals surface area contributed by atoms with Crippen LogP contribution in [0.4, 0.5) is 18.0 Å². The van der Waals surface area contributed by atoms with Crippen LogP contribution in [0.5, 0.6) is 0 Å². The lowest BCUT2D eigenvalue weighted by Gasteiger charge is -2.27. The lowest BCUT2D eigenvalue weighted by molar-refractivity contribution is -0.226. The number of aliphatic carboxylic acids is 1. The van der Waals surface area contributed by atoms with Gasteiger partial charge in [-0.1, -0.05) is 0 Å². The molecule has 6 nitrogen and oxygen atoms in total. The van der Waals surface area contributed by atoms with Gasteiger partial charge in [-0.2, -0.15) is 13.2 Å². The number of hydrogen-bond donors (Lipinski definition) is 2. The monoisotopic (exact) mass is 323 g/mol. The average molecular weight is 323 g/mol. The highest BCUT2D eigenvalue weighted by molar-refractivity contribution is 7.09. The van der Waals surface area contributed by atoms with Crippen LogP contribution >= 0.6 is 11.3 Å². The van der Waals surface area contributed by atoms with Crippen LogP contribution in [-0.4, -0.2) is 46.3 Å². The number of alkyl halides is 3. The minimum Gasteiger partial charge on any atom is -0.481 e. The van der Waals surface area contributed by atoms with Crippen molar-refractivity contribution in [3.63, 3.8) is 0 Å². The number of nitrogens with zero attached hydrogens (tertiary/aromatic N) is 2. The summed E-state index contributed by atoms with van der Waals surface area (Å²) in [7, 11) is 0. The maximum absolute atomic E-state index is 13.0. The maximum atomic E-state index is 13.0. The van der Waals surface area contributed by atoms with Gasteiger partial charge in [-0.05, 0) is 6.42 Å². The second-order valence-corrected chi connectivity index (χ2v) is 5.65. The molecule has 116 valence electrons. The van der Waals surface area contributed by atoms with Gasteiger partial charge >= 0.3 is 18.2 Å². The van der Waals surface area contributed by atoms with Crippen LogP contribution in [-0.2, 0) is 11.3 Å². The summed E-state index contributed by atoms with van der Waals surface area (Å²) in [6.07, 6.45) is -4.00. The first kappa shape index (κ1) is 15.5. The van der Waals surface area contributed by atoms with Crippen LogP contribution in [0.15, 0.2) is 11.7 Å². The van der Waals surface area contributed by atoms with Crippen LogP contribution < -0.4 is 5.32 Å². The molecule has 2 heterocycles. The summed E-state index contributed by atoms with van der Waals surface area (Å²) in [6, 6.07) is -0.712. The second kappa shape index (κ2) is 5.51. The van der Waals surface area contributed by atoms with Gasteiger partial charge in [0.1, 0.15) is 0 Å². The lowest BCUT2D eigenvalue weighted by atomic mass is 9.86. The Morgan fingerprint density at radius 1 is 1.52 bits per heavy atom. The van der Waals surface area contributed by atoms with Crippen molar-refractivity contribution in [1.29, 1.82) is 0 Å². The molecular formula is C11H12F3N3O3S. The van der Waals surface area contributed by atoms with Gasteiger partial charge in [-0.3, -0.25) is 9.78 Å². The van der Waals surface area contributed by atoms with E-state index in [4.69, 9.17) is 5.11 Å². The van der Waals surface area contributed by atoms with E-state index in [0.717, 1.165) is 9.78 Å². The lowest BCUT2D eigenvalue weighted by Crippen LogP contribution is -2.48. The molecule has 1 unspecified atom stereocenters. The Kier molecular flexibility index (Phi) is 4.08. The normalized spacial score (nSPS) is 22.3. The molecule has 0 aliphatic carbocycles. The molecule has 0 aromatic carbocycles. The van der Waals surface area contributed by atoms with Crippen molar-refractivity contribution < 1.29 is 27.9 Å². The molecule has 10 heteroatoms. The molecular weight excluding hydrogens is 311 g/mol. The first-order valence-electron chi connectivity index (χ1n) is 5.96. The fourth-order valence-corrected chi connectivity index (χ4v) is 2.65. The van der Waals surface area contributed by atoms with Crippen molar-refractivity contribution in [2.24, 2.45) is 5.41 Å². The van der Waals surface area contributed by atoms with Gasteiger partial charge in [-0.25, -0.2) is 4.79 Å². The highest BCUT2D eigenvalue weighted by Crippen LogP contribution is 2.45. The Morgan fingerprint density at radius 3 is 2.71 bits per heavy atom. The fourth-order valence-electron chi connectivity index (χ4n) is 2.11. The number of hydrogen-bond acceptors (Lipinski definition) is 4. The predicted molar refractivity (Wildman–Crippen MR) is 66.7 cm³/mol. The molecule has 2 amide bonds. The number of amides is 2. The molecule has 0 saturated carbocycles. The van der Waals surface area contributed by atoms with Crippen molar-refractivity contribution in [1.82, 2.24) is 15.2 Å². The highest BCUT2D eigenvalue weighted by atomic mass is 32.1. The van der Waals surface area contributed by atoms with Crippen LogP contribution in [0, 0.1) is 5.41 Å². The number of rotatable bonds is 3. The quantitative estimate of drug-likeness (QED) is 0.887. The fraction of sp³-hybridized carbons (Fsp3) is 0.545. The third kappa shape index (κ3) is 2.94. The van der Waals surface area contributed by atoms with Crippen LogP contribution in [0.2, 0.25) is 0 Å². The SMILES string of the molecule is O=C(NCc1cncs1)N1CCC(C(=O)O)(C(F)(F)F)C1. The van der Waals surface area contributed by atoms with E-state index in [9.17, 15) is 22.8 Å². The van der Waals surface area contributed by atoms with Crippen molar-refractivity contribution in [2.75, 3.05) is 13.1 Å². The molecule has 0 spiro atoms. The van der Waals surface area contributed by atoms with Gasteiger partial charge in [0.2, 0.25) is 0 Å². The van der Waals surface area contributed by atoms with E-state index in [1.807, 2.05) is 0 Å². The molecule has 1 aliphatic rings. The summed E-state index contributed by atoms with van der Waals surface area (Å²) in [5.41, 5.74) is -1.31. The molecule has 2 N–H and O–H groups in total. The van der Waals surface area contributed by atoms with Crippen molar-refractivity contribution in [3.05, 3.63) is 16.6 Å². The highest BCUT2D eigenvalue weighted by Gasteiger charge is 2.64. The number of urea groups is 1. The van der Waals surface area contributed by atoms with Gasteiger partial charge in [0.05, 0.1) is 12.1 Å². The molecule has 0 bridgehead atoms. The maximum Gasteiger partial charge on any atom is 0.406 e. The topological polar surface area (TPSA) is 82.5 Å². The van der Waals surface area contributed by atoms with Crippen molar-refractivity contribution in [2.45, 2.75) is 19.1 Å². The van der Waals surface area contributed by atoms with Crippen LogP contribution in [0.25, 0.3) is 0 Å². The Morgan fingerprint density at radius 2 is 2.24 bits per heavy atom. The number of aromatic nitrogens is 1. The van der Waals surface area contributed by atoms with E-state index >= 15 is 0 Å². The molecule has 1 aromatic rings. The summed E-state index contributed by atoms with van der Waals surface area (Å²) in [5, 5.41) is 11.3. The third-order valence-corrected chi connectivity index (χ3v) is 4.19. The standard InChI is InChI=1S/C11H12F3N3O3S/c12-11(13,14)10(8(18)19)1-2-17(5-10)9(20)16-4-7-3-15-6-21-7/h3,6H,1-2,4-5H2,(H,16,20)(H,18,19). The summed E-state index contributed by atoms with van der Waals surface area (Å²) in [4.78, 5) is 28.2. The van der Waals surface area contributed by atoms with E-state index in [-0.39, 0.29) is 13.1 Å². The largest absolute Gasteiger partial charge is 0.481 e.